The van der Waals surface area contributed by atoms with E-state index in [0.29, 0.717) is 5.56 Å². The fraction of sp³-hybridized carbons (Fsp3) is 0.500. The Morgan fingerprint density at radius 2 is 1.47 bits per heavy atom. The first-order chi connectivity index (χ1) is 15.5. The molecule has 0 heterocycles. The Bertz CT molecular complexity index is 813. The van der Waals surface area contributed by atoms with Crippen molar-refractivity contribution in [1.82, 2.24) is 10.6 Å². The number of hydrogen-bond acceptors (Lipinski definition) is 9. The van der Waals surface area contributed by atoms with E-state index in [-0.39, 0.29) is 18.8 Å². The van der Waals surface area contributed by atoms with Gasteiger partial charge >= 0.3 is 11.9 Å². The predicted molar refractivity (Wildman–Crippen MR) is 119 cm³/mol. The fourth-order valence-electron chi connectivity index (χ4n) is 2.89. The zero-order valence-corrected chi connectivity index (χ0v) is 18.8. The number of carbonyl (C=O) groups is 4. The van der Waals surface area contributed by atoms with Crippen molar-refractivity contribution in [2.75, 3.05) is 6.61 Å². The van der Waals surface area contributed by atoms with Gasteiger partial charge in [-0.3, -0.25) is 19.2 Å². The number of carboxylic acids is 2. The van der Waals surface area contributed by atoms with Crippen LogP contribution < -0.4 is 16.4 Å². The first kappa shape index (κ1) is 31.2. The van der Waals surface area contributed by atoms with E-state index in [1.54, 1.807) is 30.3 Å². The second-order valence-corrected chi connectivity index (χ2v) is 7.33. The van der Waals surface area contributed by atoms with Crippen LogP contribution in [0.2, 0.25) is 0 Å². The maximum Gasteiger partial charge on any atom is 0.305 e. The summed E-state index contributed by atoms with van der Waals surface area (Å²) in [4.78, 5) is 46.1. The van der Waals surface area contributed by atoms with Gasteiger partial charge in [0, 0.05) is 6.42 Å². The summed E-state index contributed by atoms with van der Waals surface area (Å²) >= 11 is 0. The molecule has 10 N–H and O–H groups in total. The topological polar surface area (TPSA) is 240 Å². The second-order valence-electron chi connectivity index (χ2n) is 7.33. The van der Waals surface area contributed by atoms with Crippen molar-refractivity contribution in [3.8, 4) is 0 Å². The standard InChI is InChI=1S/C20H29N3O10.ClH/c21-11(6-7-14(25)26)19(32)23-13(9-24)16(29)17(30)18(31)20(33)22-12(8-15(27)28)10-4-2-1-3-5-10;/h1-5,11-13,16-18,24,29-31H,6-9,21H2,(H,22,33)(H,23,32)(H,25,26)(H,27,28);1H/t11-,12-,13-,16+,17+,18-;/m0./s1. The van der Waals surface area contributed by atoms with Crippen molar-refractivity contribution < 1.29 is 49.8 Å². The van der Waals surface area contributed by atoms with Crippen LogP contribution in [0.3, 0.4) is 0 Å². The lowest BCUT2D eigenvalue weighted by Crippen LogP contribution is -2.58. The molecule has 14 heteroatoms. The van der Waals surface area contributed by atoms with Gasteiger partial charge in [-0.15, -0.1) is 12.4 Å². The van der Waals surface area contributed by atoms with Crippen molar-refractivity contribution in [3.63, 3.8) is 0 Å². The third-order valence-electron chi connectivity index (χ3n) is 4.78. The van der Waals surface area contributed by atoms with Gasteiger partial charge in [-0.1, -0.05) is 30.3 Å². The molecule has 0 aliphatic rings. The van der Waals surface area contributed by atoms with Crippen LogP contribution in [0.25, 0.3) is 0 Å². The molecule has 2 amide bonds. The summed E-state index contributed by atoms with van der Waals surface area (Å²) in [5.74, 6) is -4.54. The van der Waals surface area contributed by atoms with Crippen LogP contribution in [-0.4, -0.2) is 91.4 Å². The minimum atomic E-state index is -2.24. The third kappa shape index (κ3) is 9.99. The molecule has 0 aliphatic carbocycles. The van der Waals surface area contributed by atoms with Gasteiger partial charge in [0.05, 0.1) is 31.2 Å². The summed E-state index contributed by atoms with van der Waals surface area (Å²) in [7, 11) is 0. The normalized spacial score (nSPS) is 16.0. The van der Waals surface area contributed by atoms with Crippen LogP contribution in [0.15, 0.2) is 30.3 Å². The van der Waals surface area contributed by atoms with Crippen molar-refractivity contribution in [2.24, 2.45) is 5.73 Å². The van der Waals surface area contributed by atoms with Gasteiger partial charge < -0.3 is 47.0 Å². The Morgan fingerprint density at radius 1 is 0.882 bits per heavy atom. The number of nitrogens with two attached hydrogens (primary N) is 1. The van der Waals surface area contributed by atoms with E-state index in [1.165, 1.54) is 0 Å². The lowest BCUT2D eigenvalue weighted by molar-refractivity contribution is -0.145. The summed E-state index contributed by atoms with van der Waals surface area (Å²) in [5.41, 5.74) is 5.96. The molecule has 0 aromatic heterocycles. The van der Waals surface area contributed by atoms with Crippen LogP contribution in [-0.2, 0) is 19.2 Å². The molecular formula is C20H30ClN3O10. The number of aliphatic carboxylic acids is 2. The van der Waals surface area contributed by atoms with Gasteiger partial charge in [0.25, 0.3) is 5.91 Å². The van der Waals surface area contributed by atoms with Gasteiger partial charge in [-0.2, -0.15) is 0 Å². The summed E-state index contributed by atoms with van der Waals surface area (Å²) in [6.07, 6.45) is -7.61. The summed E-state index contributed by atoms with van der Waals surface area (Å²) in [6, 6.07) is 4.13. The van der Waals surface area contributed by atoms with Crippen molar-refractivity contribution >= 4 is 36.2 Å². The minimum Gasteiger partial charge on any atom is -0.481 e. The highest BCUT2D eigenvalue weighted by molar-refractivity contribution is 5.85. The molecule has 192 valence electrons. The Morgan fingerprint density at radius 3 is 1.97 bits per heavy atom. The third-order valence-corrected chi connectivity index (χ3v) is 4.78. The van der Waals surface area contributed by atoms with Crippen molar-refractivity contribution in [1.29, 1.82) is 0 Å². The monoisotopic (exact) mass is 507 g/mol. The number of benzene rings is 1. The zero-order chi connectivity index (χ0) is 25.1. The molecule has 0 unspecified atom stereocenters. The Kier molecular flexibility index (Phi) is 13.9. The van der Waals surface area contributed by atoms with Crippen LogP contribution in [0.4, 0.5) is 0 Å². The molecule has 0 bridgehead atoms. The number of carboxylic acid groups (broad SMARTS) is 2. The SMILES string of the molecule is Cl.N[C@@H](CCC(=O)O)C(=O)N[C@@H](CO)[C@@H](O)[C@@H](O)[C@H](O)C(=O)N[C@@H](CC(=O)O)c1ccccc1. The zero-order valence-electron chi connectivity index (χ0n) is 18.0. The largest absolute Gasteiger partial charge is 0.481 e. The van der Waals surface area contributed by atoms with Crippen molar-refractivity contribution in [3.05, 3.63) is 35.9 Å². The Balaban J connectivity index is 0.0000109. The van der Waals surface area contributed by atoms with Gasteiger partial charge in [0.1, 0.15) is 12.2 Å². The van der Waals surface area contributed by atoms with E-state index in [0.717, 1.165) is 0 Å². The summed E-state index contributed by atoms with van der Waals surface area (Å²) < 4.78 is 0. The predicted octanol–water partition coefficient (Wildman–Crippen LogP) is -2.51. The first-order valence-corrected chi connectivity index (χ1v) is 9.97. The van der Waals surface area contributed by atoms with Crippen LogP contribution >= 0.6 is 12.4 Å². The van der Waals surface area contributed by atoms with Crippen LogP contribution in [0, 0.1) is 0 Å². The highest BCUT2D eigenvalue weighted by Gasteiger charge is 2.37. The molecule has 0 fully saturated rings. The first-order valence-electron chi connectivity index (χ1n) is 9.97. The molecule has 0 radical (unpaired) electrons. The van der Waals surface area contributed by atoms with E-state index in [4.69, 9.17) is 15.9 Å². The maximum atomic E-state index is 12.4. The minimum absolute atomic E-state index is 0. The lowest BCUT2D eigenvalue weighted by Gasteiger charge is -2.30. The van der Waals surface area contributed by atoms with E-state index >= 15 is 0 Å². The highest BCUT2D eigenvalue weighted by Crippen LogP contribution is 2.17. The van der Waals surface area contributed by atoms with Crippen LogP contribution in [0.5, 0.6) is 0 Å². The number of amides is 2. The molecule has 0 saturated carbocycles. The quantitative estimate of drug-likeness (QED) is 0.127. The highest BCUT2D eigenvalue weighted by atomic mass is 35.5. The molecule has 0 saturated heterocycles. The number of aliphatic hydroxyl groups excluding tert-OH is 4. The molecule has 0 spiro atoms. The van der Waals surface area contributed by atoms with Gasteiger partial charge in [0.2, 0.25) is 5.91 Å². The number of hydrogen-bond donors (Lipinski definition) is 9. The molecule has 1 aromatic carbocycles. The maximum absolute atomic E-state index is 12.4. The number of nitrogens with one attached hydrogen (secondary N) is 2. The van der Waals surface area contributed by atoms with E-state index in [9.17, 15) is 39.6 Å². The molecule has 1 aromatic rings. The molecule has 34 heavy (non-hydrogen) atoms. The molecule has 13 nitrogen and oxygen atoms in total. The van der Waals surface area contributed by atoms with E-state index in [1.807, 2.05) is 0 Å². The van der Waals surface area contributed by atoms with E-state index in [2.05, 4.69) is 10.6 Å². The number of halogens is 1. The number of carbonyl (C=O) groups excluding carboxylic acids is 2. The van der Waals surface area contributed by atoms with Gasteiger partial charge in [0.15, 0.2) is 6.10 Å². The average Bonchev–Trinajstić information content (AvgIpc) is 2.78. The number of aliphatic hydroxyl groups is 4. The smallest absolute Gasteiger partial charge is 0.305 e. The summed E-state index contributed by atoms with van der Waals surface area (Å²) in [6.45, 7) is -0.907. The van der Waals surface area contributed by atoms with E-state index < -0.39 is 79.6 Å². The van der Waals surface area contributed by atoms with Gasteiger partial charge in [-0.05, 0) is 12.0 Å². The Hall–Kier alpha value is -2.81. The summed E-state index contributed by atoms with van der Waals surface area (Å²) in [5, 5.41) is 62.2. The number of rotatable bonds is 14. The molecular weight excluding hydrogens is 478 g/mol. The lowest BCUT2D eigenvalue weighted by atomic mass is 9.98. The average molecular weight is 508 g/mol. The fourth-order valence-corrected chi connectivity index (χ4v) is 2.89. The molecule has 1 rings (SSSR count). The second kappa shape index (κ2) is 15.2. The molecule has 0 aliphatic heterocycles. The molecule has 6 atom stereocenters. The van der Waals surface area contributed by atoms with Crippen LogP contribution in [0.1, 0.15) is 30.9 Å². The van der Waals surface area contributed by atoms with Gasteiger partial charge in [-0.25, -0.2) is 0 Å². The Labute approximate surface area is 201 Å². The van der Waals surface area contributed by atoms with Crippen molar-refractivity contribution in [2.45, 2.75) is 55.7 Å².